The van der Waals surface area contributed by atoms with Gasteiger partial charge in [0.15, 0.2) is 11.1 Å². The molecule has 4 N–H and O–H groups in total. The van der Waals surface area contributed by atoms with E-state index in [2.05, 4.69) is 15.6 Å². The molecule has 1 aromatic carbocycles. The molecule has 0 saturated carbocycles. The maximum atomic E-state index is 13.0. The van der Waals surface area contributed by atoms with Crippen molar-refractivity contribution in [3.63, 3.8) is 0 Å². The van der Waals surface area contributed by atoms with Crippen molar-refractivity contribution in [3.8, 4) is 5.75 Å². The molecule has 0 aliphatic carbocycles. The molecule has 0 radical (unpaired) electrons. The van der Waals surface area contributed by atoms with E-state index in [0.717, 1.165) is 5.56 Å². The van der Waals surface area contributed by atoms with Gasteiger partial charge in [-0.25, -0.2) is 9.78 Å². The van der Waals surface area contributed by atoms with Crippen LogP contribution in [0.5, 0.6) is 5.75 Å². The Bertz CT molecular complexity index is 1240. The maximum Gasteiger partial charge on any atom is 0.322 e. The average molecular weight is 407 g/mol. The largest absolute Gasteiger partial charge is 0.497 e. The second kappa shape index (κ2) is 6.21. The van der Waals surface area contributed by atoms with Crippen LogP contribution in [0.15, 0.2) is 40.8 Å². The highest BCUT2D eigenvalue weighted by Gasteiger charge is 2.53. The van der Waals surface area contributed by atoms with E-state index >= 15 is 0 Å². The summed E-state index contributed by atoms with van der Waals surface area (Å²) >= 11 is 0. The van der Waals surface area contributed by atoms with Gasteiger partial charge in [-0.05, 0) is 29.8 Å². The van der Waals surface area contributed by atoms with Crippen LogP contribution in [0.1, 0.15) is 21.7 Å². The lowest BCUT2D eigenvalue weighted by molar-refractivity contribution is -0.125. The van der Waals surface area contributed by atoms with E-state index in [1.54, 1.807) is 36.4 Å². The SMILES string of the molecule is COc1ccc2c(c1)C(=O)N(CC1(c3cc4nc(N)ccc4o3)NC(=O)NC1=O)C2. The molecule has 10 heteroatoms. The van der Waals surface area contributed by atoms with Crippen LogP contribution >= 0.6 is 0 Å². The minimum Gasteiger partial charge on any atom is -0.497 e. The van der Waals surface area contributed by atoms with Crippen molar-refractivity contribution in [1.82, 2.24) is 20.5 Å². The van der Waals surface area contributed by atoms with E-state index in [9.17, 15) is 14.4 Å². The number of fused-ring (bicyclic) bond motifs is 2. The average Bonchev–Trinajstić information content (AvgIpc) is 3.36. The molecule has 5 rings (SSSR count). The number of pyridine rings is 1. The number of nitrogens with zero attached hydrogens (tertiary/aromatic N) is 2. The predicted octanol–water partition coefficient (Wildman–Crippen LogP) is 1.11. The van der Waals surface area contributed by atoms with Crippen LogP contribution in [-0.2, 0) is 16.9 Å². The third-order valence-electron chi connectivity index (χ3n) is 5.38. The molecule has 2 aromatic heterocycles. The first kappa shape index (κ1) is 18.0. The van der Waals surface area contributed by atoms with E-state index in [1.165, 1.54) is 12.0 Å². The Kier molecular flexibility index (Phi) is 3.72. The molecule has 4 amide bonds. The molecular formula is C20H17N5O5. The van der Waals surface area contributed by atoms with Gasteiger partial charge in [0.05, 0.1) is 13.7 Å². The monoisotopic (exact) mass is 407 g/mol. The predicted molar refractivity (Wildman–Crippen MR) is 105 cm³/mol. The van der Waals surface area contributed by atoms with E-state index < -0.39 is 17.5 Å². The lowest BCUT2D eigenvalue weighted by Crippen LogP contribution is -2.52. The van der Waals surface area contributed by atoms with Crippen LogP contribution < -0.4 is 21.1 Å². The maximum absolute atomic E-state index is 13.0. The van der Waals surface area contributed by atoms with Gasteiger partial charge in [0, 0.05) is 18.2 Å². The Hall–Kier alpha value is -4.08. The molecule has 4 heterocycles. The number of nitrogen functional groups attached to an aromatic ring is 1. The fourth-order valence-electron chi connectivity index (χ4n) is 3.89. The van der Waals surface area contributed by atoms with E-state index in [0.29, 0.717) is 28.2 Å². The number of imide groups is 1. The first-order valence-corrected chi connectivity index (χ1v) is 9.16. The van der Waals surface area contributed by atoms with Gasteiger partial charge >= 0.3 is 6.03 Å². The number of hydrogen-bond acceptors (Lipinski definition) is 7. The number of benzene rings is 1. The molecular weight excluding hydrogens is 390 g/mol. The fourth-order valence-corrected chi connectivity index (χ4v) is 3.89. The summed E-state index contributed by atoms with van der Waals surface area (Å²) in [6.45, 7) is 0.171. The summed E-state index contributed by atoms with van der Waals surface area (Å²) in [5.41, 5.74) is 6.29. The lowest BCUT2D eigenvalue weighted by Gasteiger charge is -2.28. The molecule has 1 saturated heterocycles. The Morgan fingerprint density at radius 3 is 2.80 bits per heavy atom. The number of ether oxygens (including phenoxy) is 1. The molecule has 1 unspecified atom stereocenters. The molecule has 3 aromatic rings. The number of rotatable bonds is 4. The molecule has 30 heavy (non-hydrogen) atoms. The van der Waals surface area contributed by atoms with Crippen LogP contribution in [0.25, 0.3) is 11.1 Å². The number of nitrogens with two attached hydrogens (primary N) is 1. The first-order chi connectivity index (χ1) is 14.4. The van der Waals surface area contributed by atoms with Crippen LogP contribution in [0.4, 0.5) is 10.6 Å². The Balaban J connectivity index is 1.55. The van der Waals surface area contributed by atoms with Crippen molar-refractivity contribution >= 4 is 34.8 Å². The first-order valence-electron chi connectivity index (χ1n) is 9.16. The molecule has 0 spiro atoms. The third-order valence-corrected chi connectivity index (χ3v) is 5.38. The number of carbonyl (C=O) groups is 3. The number of hydrogen-bond donors (Lipinski definition) is 3. The zero-order valence-electron chi connectivity index (χ0n) is 15.9. The van der Waals surface area contributed by atoms with Crippen molar-refractivity contribution in [2.45, 2.75) is 12.1 Å². The lowest BCUT2D eigenvalue weighted by atomic mass is 9.95. The molecule has 1 fully saturated rings. The highest BCUT2D eigenvalue weighted by atomic mass is 16.5. The number of aromatic nitrogens is 1. The third kappa shape index (κ3) is 2.57. The van der Waals surface area contributed by atoms with Crippen LogP contribution in [0.3, 0.4) is 0 Å². The summed E-state index contributed by atoms with van der Waals surface area (Å²) in [6, 6.07) is 9.32. The van der Waals surface area contributed by atoms with Gasteiger partial charge in [0.25, 0.3) is 11.8 Å². The van der Waals surface area contributed by atoms with Gasteiger partial charge in [0.2, 0.25) is 0 Å². The van der Waals surface area contributed by atoms with Gasteiger partial charge in [-0.3, -0.25) is 14.9 Å². The van der Waals surface area contributed by atoms with Gasteiger partial charge in [-0.15, -0.1) is 0 Å². The Morgan fingerprint density at radius 1 is 1.23 bits per heavy atom. The molecule has 2 aliphatic heterocycles. The van der Waals surface area contributed by atoms with Crippen molar-refractivity contribution in [2.75, 3.05) is 19.4 Å². The number of methoxy groups -OCH3 is 1. The van der Waals surface area contributed by atoms with Crippen LogP contribution in [-0.4, -0.2) is 41.4 Å². The van der Waals surface area contributed by atoms with Gasteiger partial charge in [-0.1, -0.05) is 6.07 Å². The molecule has 2 aliphatic rings. The minimum absolute atomic E-state index is 0.115. The zero-order valence-corrected chi connectivity index (χ0v) is 15.9. The molecule has 0 bridgehead atoms. The van der Waals surface area contributed by atoms with Crippen molar-refractivity contribution < 1.29 is 23.5 Å². The van der Waals surface area contributed by atoms with Gasteiger partial charge < -0.3 is 25.1 Å². The second-order valence-corrected chi connectivity index (χ2v) is 7.23. The van der Waals surface area contributed by atoms with Crippen LogP contribution in [0, 0.1) is 0 Å². The highest BCUT2D eigenvalue weighted by Crippen LogP contribution is 2.34. The Labute approximate surface area is 170 Å². The van der Waals surface area contributed by atoms with Crippen molar-refractivity contribution in [2.24, 2.45) is 0 Å². The smallest absolute Gasteiger partial charge is 0.322 e. The minimum atomic E-state index is -1.59. The van der Waals surface area contributed by atoms with Gasteiger partial charge in [-0.2, -0.15) is 0 Å². The standard InChI is InChI=1S/C20H17N5O5/c1-29-11-3-2-10-8-25(17(26)12(10)6-11)9-20(18(27)23-19(28)24-20)15-7-13-14(30-15)4-5-16(21)22-13/h2-7H,8-9H2,1H3,(H2,21,22)(H2,23,24,27,28). The Morgan fingerprint density at radius 2 is 2.07 bits per heavy atom. The quantitative estimate of drug-likeness (QED) is 0.550. The second-order valence-electron chi connectivity index (χ2n) is 7.23. The zero-order chi connectivity index (χ0) is 21.0. The van der Waals surface area contributed by atoms with E-state index in [1.807, 2.05) is 0 Å². The summed E-state index contributed by atoms with van der Waals surface area (Å²) in [5, 5.41) is 4.87. The van der Waals surface area contributed by atoms with Gasteiger partial charge in [0.1, 0.15) is 22.8 Å². The normalized spacial score (nSPS) is 20.4. The fraction of sp³-hybridized carbons (Fsp3) is 0.200. The summed E-state index contributed by atoms with van der Waals surface area (Å²) in [5.74, 6) is 0.145. The topological polar surface area (TPSA) is 140 Å². The van der Waals surface area contributed by atoms with Crippen LogP contribution in [0.2, 0.25) is 0 Å². The van der Waals surface area contributed by atoms with E-state index in [-0.39, 0.29) is 24.8 Å². The number of carbonyl (C=O) groups excluding carboxylic acids is 3. The number of anilines is 1. The highest BCUT2D eigenvalue weighted by molar-refractivity contribution is 6.08. The summed E-state index contributed by atoms with van der Waals surface area (Å²) < 4.78 is 11.0. The van der Waals surface area contributed by atoms with E-state index in [4.69, 9.17) is 14.9 Å². The molecule has 152 valence electrons. The van der Waals surface area contributed by atoms with Crippen molar-refractivity contribution in [3.05, 3.63) is 53.3 Å². The summed E-state index contributed by atoms with van der Waals surface area (Å²) in [6.07, 6.45) is 0. The summed E-state index contributed by atoms with van der Waals surface area (Å²) in [7, 11) is 1.52. The summed E-state index contributed by atoms with van der Waals surface area (Å²) in [4.78, 5) is 43.6. The number of amides is 4. The number of furan rings is 1. The van der Waals surface area contributed by atoms with Crippen molar-refractivity contribution in [1.29, 1.82) is 0 Å². The molecule has 1 atom stereocenters. The number of urea groups is 1. The molecule has 10 nitrogen and oxygen atoms in total. The number of nitrogens with one attached hydrogen (secondary N) is 2.